The molecule has 17 heavy (non-hydrogen) atoms. The number of carbonyl (C=O) groups excluding carboxylic acids is 1. The number of amides is 1. The van der Waals surface area contributed by atoms with Crippen LogP contribution in [0.15, 0.2) is 0 Å². The summed E-state index contributed by atoms with van der Waals surface area (Å²) >= 11 is 0. The highest BCUT2D eigenvalue weighted by molar-refractivity contribution is 5.77. The van der Waals surface area contributed by atoms with E-state index in [2.05, 4.69) is 18.3 Å². The first kappa shape index (κ1) is 14.0. The Morgan fingerprint density at radius 2 is 1.82 bits per heavy atom. The Bertz CT molecular complexity index is 272. The van der Waals surface area contributed by atoms with Crippen molar-refractivity contribution in [2.75, 3.05) is 0 Å². The number of nitrogens with zero attached hydrogens (tertiary/aromatic N) is 1. The van der Waals surface area contributed by atoms with Crippen LogP contribution in [-0.2, 0) is 4.79 Å². The van der Waals surface area contributed by atoms with Crippen LogP contribution in [0, 0.1) is 11.3 Å². The Hall–Kier alpha value is -1.04. The second kappa shape index (κ2) is 7.32. The van der Waals surface area contributed by atoms with Gasteiger partial charge in [-0.25, -0.2) is 0 Å². The summed E-state index contributed by atoms with van der Waals surface area (Å²) in [6, 6.07) is 2.36. The van der Waals surface area contributed by atoms with Crippen LogP contribution in [-0.4, -0.2) is 11.4 Å². The molecule has 0 aliphatic heterocycles. The molecule has 1 saturated carbocycles. The zero-order valence-electron chi connectivity index (χ0n) is 10.9. The van der Waals surface area contributed by atoms with Gasteiger partial charge in [-0.15, -0.1) is 0 Å². The summed E-state index contributed by atoms with van der Waals surface area (Å²) in [5.41, 5.74) is -0.578. The maximum Gasteiger partial charge on any atom is 0.221 e. The van der Waals surface area contributed by atoms with Gasteiger partial charge in [0.2, 0.25) is 5.91 Å². The predicted molar refractivity (Wildman–Crippen MR) is 68.3 cm³/mol. The van der Waals surface area contributed by atoms with E-state index < -0.39 is 5.54 Å². The minimum absolute atomic E-state index is 0.0500. The Morgan fingerprint density at radius 3 is 2.35 bits per heavy atom. The smallest absolute Gasteiger partial charge is 0.221 e. The molecule has 0 bridgehead atoms. The first-order valence-corrected chi connectivity index (χ1v) is 6.95. The molecule has 1 rings (SSSR count). The van der Waals surface area contributed by atoms with E-state index in [0.717, 1.165) is 38.5 Å². The average molecular weight is 236 g/mol. The fourth-order valence-electron chi connectivity index (χ4n) is 2.44. The van der Waals surface area contributed by atoms with Crippen molar-refractivity contribution in [3.63, 3.8) is 0 Å². The molecule has 0 spiro atoms. The largest absolute Gasteiger partial charge is 0.338 e. The molecule has 1 amide bonds. The Morgan fingerprint density at radius 1 is 1.24 bits per heavy atom. The summed E-state index contributed by atoms with van der Waals surface area (Å²) in [6.45, 7) is 2.07. The minimum atomic E-state index is -0.578. The number of nitrogens with one attached hydrogen (secondary N) is 1. The summed E-state index contributed by atoms with van der Waals surface area (Å²) in [4.78, 5) is 11.8. The average Bonchev–Trinajstić information content (AvgIpc) is 2.30. The van der Waals surface area contributed by atoms with Gasteiger partial charge in [-0.2, -0.15) is 5.26 Å². The summed E-state index contributed by atoms with van der Waals surface area (Å²) in [5, 5.41) is 12.4. The fraction of sp³-hybridized carbons (Fsp3) is 0.857. The number of unbranched alkanes of at least 4 members (excludes halogenated alkanes) is 1. The van der Waals surface area contributed by atoms with Crippen molar-refractivity contribution < 1.29 is 4.79 Å². The van der Waals surface area contributed by atoms with Crippen LogP contribution in [0.2, 0.25) is 0 Å². The molecule has 1 aliphatic rings. The van der Waals surface area contributed by atoms with Gasteiger partial charge in [0.25, 0.3) is 0 Å². The maximum absolute atomic E-state index is 11.8. The normalized spacial score (nSPS) is 19.8. The molecular weight excluding hydrogens is 212 g/mol. The molecule has 1 aliphatic carbocycles. The van der Waals surface area contributed by atoms with Crippen LogP contribution in [0.1, 0.15) is 71.1 Å². The van der Waals surface area contributed by atoms with E-state index in [1.807, 2.05) is 0 Å². The van der Waals surface area contributed by atoms with Gasteiger partial charge in [0.15, 0.2) is 0 Å². The lowest BCUT2D eigenvalue weighted by molar-refractivity contribution is -0.122. The van der Waals surface area contributed by atoms with Crippen molar-refractivity contribution in [2.45, 2.75) is 76.7 Å². The molecule has 3 nitrogen and oxygen atoms in total. The van der Waals surface area contributed by atoms with E-state index in [-0.39, 0.29) is 5.91 Å². The lowest BCUT2D eigenvalue weighted by Gasteiger charge is -2.29. The molecule has 0 heterocycles. The molecule has 3 heteroatoms. The fourth-order valence-corrected chi connectivity index (χ4v) is 2.44. The van der Waals surface area contributed by atoms with Crippen LogP contribution in [0.3, 0.4) is 0 Å². The summed E-state index contributed by atoms with van der Waals surface area (Å²) < 4.78 is 0. The van der Waals surface area contributed by atoms with Gasteiger partial charge in [-0.05, 0) is 19.3 Å². The van der Waals surface area contributed by atoms with Gasteiger partial charge in [0.05, 0.1) is 6.07 Å². The molecule has 0 atom stereocenters. The summed E-state index contributed by atoms with van der Waals surface area (Å²) in [7, 11) is 0. The third-order valence-corrected chi connectivity index (χ3v) is 3.56. The van der Waals surface area contributed by atoms with Gasteiger partial charge in [-0.3, -0.25) is 4.79 Å². The lowest BCUT2D eigenvalue weighted by Crippen LogP contribution is -2.47. The van der Waals surface area contributed by atoms with Crippen molar-refractivity contribution in [1.29, 1.82) is 5.26 Å². The van der Waals surface area contributed by atoms with E-state index in [9.17, 15) is 10.1 Å². The molecule has 96 valence electrons. The van der Waals surface area contributed by atoms with Crippen molar-refractivity contribution in [3.8, 4) is 6.07 Å². The second-order valence-electron chi connectivity index (χ2n) is 5.11. The van der Waals surface area contributed by atoms with Crippen LogP contribution < -0.4 is 5.32 Å². The van der Waals surface area contributed by atoms with E-state index in [1.54, 1.807) is 0 Å². The number of hydrogen-bond acceptors (Lipinski definition) is 2. The molecule has 0 saturated heterocycles. The van der Waals surface area contributed by atoms with Crippen molar-refractivity contribution in [3.05, 3.63) is 0 Å². The molecular formula is C14H24N2O. The second-order valence-corrected chi connectivity index (χ2v) is 5.11. The van der Waals surface area contributed by atoms with Crippen LogP contribution in [0.5, 0.6) is 0 Å². The summed E-state index contributed by atoms with van der Waals surface area (Å²) in [5.74, 6) is 0.0500. The van der Waals surface area contributed by atoms with Crippen LogP contribution in [0.25, 0.3) is 0 Å². The van der Waals surface area contributed by atoms with Gasteiger partial charge in [0.1, 0.15) is 5.54 Å². The maximum atomic E-state index is 11.8. The first-order chi connectivity index (χ1) is 8.22. The number of carbonyl (C=O) groups is 1. The van der Waals surface area contributed by atoms with E-state index in [1.165, 1.54) is 19.3 Å². The molecule has 0 unspecified atom stereocenters. The highest BCUT2D eigenvalue weighted by atomic mass is 16.1. The van der Waals surface area contributed by atoms with Gasteiger partial charge in [-0.1, -0.05) is 45.4 Å². The van der Waals surface area contributed by atoms with Crippen LogP contribution >= 0.6 is 0 Å². The minimum Gasteiger partial charge on any atom is -0.338 e. The van der Waals surface area contributed by atoms with Crippen molar-refractivity contribution in [2.24, 2.45) is 0 Å². The first-order valence-electron chi connectivity index (χ1n) is 6.95. The quantitative estimate of drug-likeness (QED) is 0.814. The lowest BCUT2D eigenvalue weighted by atomic mass is 9.85. The predicted octanol–water partition coefficient (Wildman–Crippen LogP) is 3.30. The third-order valence-electron chi connectivity index (χ3n) is 3.56. The topological polar surface area (TPSA) is 52.9 Å². The third kappa shape index (κ3) is 4.77. The van der Waals surface area contributed by atoms with Crippen molar-refractivity contribution >= 4 is 5.91 Å². The Kier molecular flexibility index (Phi) is 6.04. The summed E-state index contributed by atoms with van der Waals surface area (Å²) in [6.07, 6.45) is 9.89. The Labute approximate surface area is 105 Å². The van der Waals surface area contributed by atoms with Gasteiger partial charge >= 0.3 is 0 Å². The van der Waals surface area contributed by atoms with E-state index in [4.69, 9.17) is 0 Å². The van der Waals surface area contributed by atoms with Crippen molar-refractivity contribution in [1.82, 2.24) is 5.32 Å². The number of hydrogen-bond donors (Lipinski definition) is 1. The molecule has 1 fully saturated rings. The number of nitriles is 1. The number of rotatable bonds is 4. The monoisotopic (exact) mass is 236 g/mol. The van der Waals surface area contributed by atoms with Gasteiger partial charge in [0, 0.05) is 6.42 Å². The van der Waals surface area contributed by atoms with Crippen LogP contribution in [0.4, 0.5) is 0 Å². The van der Waals surface area contributed by atoms with E-state index >= 15 is 0 Å². The highest BCUT2D eigenvalue weighted by Gasteiger charge is 2.31. The molecule has 1 N–H and O–H groups in total. The zero-order chi connectivity index (χ0) is 12.6. The Balaban J connectivity index is 2.53. The van der Waals surface area contributed by atoms with E-state index in [0.29, 0.717) is 6.42 Å². The molecule has 0 aromatic rings. The SMILES string of the molecule is CCCCC(=O)NC1(C#N)CCCCCCC1. The van der Waals surface area contributed by atoms with Gasteiger partial charge < -0.3 is 5.32 Å². The molecule has 0 aromatic carbocycles. The molecule has 0 radical (unpaired) electrons. The zero-order valence-corrected chi connectivity index (χ0v) is 10.9. The molecule has 0 aromatic heterocycles. The highest BCUT2D eigenvalue weighted by Crippen LogP contribution is 2.26. The standard InChI is InChI=1S/C14H24N2O/c1-2-3-9-13(17)16-14(12-15)10-7-5-4-6-8-11-14/h2-11H2,1H3,(H,16,17).